The highest BCUT2D eigenvalue weighted by Crippen LogP contribution is 2.19. The van der Waals surface area contributed by atoms with Crippen LogP contribution < -0.4 is 10.1 Å². The van der Waals surface area contributed by atoms with Crippen molar-refractivity contribution in [3.05, 3.63) is 100 Å². The molecule has 3 rings (SSSR count). The molecule has 6 heteroatoms. The Kier molecular flexibility index (Phi) is 11.2. The van der Waals surface area contributed by atoms with Crippen molar-refractivity contribution in [2.24, 2.45) is 0 Å². The van der Waals surface area contributed by atoms with Crippen LogP contribution in [0.15, 0.2) is 83.3 Å². The highest BCUT2D eigenvalue weighted by molar-refractivity contribution is 9.10. The molecule has 3 aromatic rings. The number of hydrogen-bond acceptors (Lipinski definition) is 3. The number of hydrogen-bond donors (Lipinski definition) is 1. The number of rotatable bonds is 13. The molecule has 0 saturated carbocycles. The van der Waals surface area contributed by atoms with Crippen LogP contribution in [0.25, 0.3) is 0 Å². The van der Waals surface area contributed by atoms with Gasteiger partial charge in [-0.1, -0.05) is 83.0 Å². The molecule has 0 heterocycles. The third kappa shape index (κ3) is 9.36. The zero-order valence-corrected chi connectivity index (χ0v) is 23.5. The lowest BCUT2D eigenvalue weighted by Crippen LogP contribution is -2.52. The molecule has 1 N–H and O–H groups in total. The van der Waals surface area contributed by atoms with Crippen molar-refractivity contribution in [1.29, 1.82) is 0 Å². The normalized spacial score (nSPS) is 12.4. The van der Waals surface area contributed by atoms with E-state index in [9.17, 15) is 9.59 Å². The van der Waals surface area contributed by atoms with Crippen LogP contribution in [0.3, 0.4) is 0 Å². The number of carbonyl (C=O) groups excluding carboxylic acids is 2. The van der Waals surface area contributed by atoms with Gasteiger partial charge in [-0.05, 0) is 62.1 Å². The van der Waals surface area contributed by atoms with E-state index in [-0.39, 0.29) is 17.9 Å². The van der Waals surface area contributed by atoms with Gasteiger partial charge in [-0.2, -0.15) is 0 Å². The lowest BCUT2D eigenvalue weighted by molar-refractivity contribution is -0.141. The van der Waals surface area contributed by atoms with Gasteiger partial charge in [0.25, 0.3) is 0 Å². The molecule has 37 heavy (non-hydrogen) atoms. The summed E-state index contributed by atoms with van der Waals surface area (Å²) in [5, 5.41) is 3.11. The fourth-order valence-corrected chi connectivity index (χ4v) is 4.24. The van der Waals surface area contributed by atoms with Gasteiger partial charge in [-0.3, -0.25) is 9.59 Å². The maximum atomic E-state index is 13.6. The summed E-state index contributed by atoms with van der Waals surface area (Å²) in [7, 11) is 0. The quantitative estimate of drug-likeness (QED) is 0.242. The molecule has 5 nitrogen and oxygen atoms in total. The molecule has 3 aromatic carbocycles. The zero-order chi connectivity index (χ0) is 26.6. The Hall–Kier alpha value is -3.12. The Morgan fingerprint density at radius 2 is 1.62 bits per heavy atom. The number of amides is 2. The summed E-state index contributed by atoms with van der Waals surface area (Å²) >= 11 is 3.48. The molecular weight excluding hydrogens is 528 g/mol. The highest BCUT2D eigenvalue weighted by atomic mass is 79.9. The second kappa shape index (κ2) is 14.6. The molecule has 0 aliphatic heterocycles. The minimum atomic E-state index is -0.620. The van der Waals surface area contributed by atoms with Crippen LogP contribution in [-0.2, 0) is 22.6 Å². The van der Waals surface area contributed by atoms with Gasteiger partial charge in [0, 0.05) is 29.9 Å². The largest absolute Gasteiger partial charge is 0.494 e. The summed E-state index contributed by atoms with van der Waals surface area (Å²) in [6, 6.07) is 25.0. The summed E-state index contributed by atoms with van der Waals surface area (Å²) in [5.74, 6) is 0.606. The van der Waals surface area contributed by atoms with Gasteiger partial charge in [0.1, 0.15) is 11.8 Å². The number of benzene rings is 3. The van der Waals surface area contributed by atoms with Crippen molar-refractivity contribution < 1.29 is 14.3 Å². The van der Waals surface area contributed by atoms with Gasteiger partial charge in [0.15, 0.2) is 0 Å². The Bertz CT molecular complexity index is 1120. The summed E-state index contributed by atoms with van der Waals surface area (Å²) < 4.78 is 6.81. The van der Waals surface area contributed by atoms with Crippen LogP contribution in [-0.4, -0.2) is 35.4 Å². The van der Waals surface area contributed by atoms with Crippen molar-refractivity contribution in [3.8, 4) is 5.75 Å². The van der Waals surface area contributed by atoms with Crippen LogP contribution in [0.2, 0.25) is 0 Å². The minimum Gasteiger partial charge on any atom is -0.494 e. The van der Waals surface area contributed by atoms with Gasteiger partial charge >= 0.3 is 0 Å². The van der Waals surface area contributed by atoms with Crippen molar-refractivity contribution in [3.63, 3.8) is 0 Å². The molecule has 196 valence electrons. The highest BCUT2D eigenvalue weighted by Gasteiger charge is 2.30. The lowest BCUT2D eigenvalue weighted by Gasteiger charge is -2.32. The summed E-state index contributed by atoms with van der Waals surface area (Å²) in [5.41, 5.74) is 3.16. The van der Waals surface area contributed by atoms with Crippen LogP contribution in [0.5, 0.6) is 5.75 Å². The van der Waals surface area contributed by atoms with Gasteiger partial charge in [0.2, 0.25) is 11.8 Å². The van der Waals surface area contributed by atoms with E-state index in [1.54, 1.807) is 4.90 Å². The molecule has 2 atom stereocenters. The van der Waals surface area contributed by atoms with Crippen LogP contribution >= 0.6 is 15.9 Å². The predicted molar refractivity (Wildman–Crippen MR) is 152 cm³/mol. The summed E-state index contributed by atoms with van der Waals surface area (Å²) in [6.45, 7) is 6.85. The van der Waals surface area contributed by atoms with E-state index in [1.165, 1.54) is 5.56 Å². The third-order valence-corrected chi connectivity index (χ3v) is 6.89. The number of carbonyl (C=O) groups is 2. The first kappa shape index (κ1) is 28.5. The second-order valence-corrected chi connectivity index (χ2v) is 10.4. The van der Waals surface area contributed by atoms with E-state index in [0.29, 0.717) is 32.4 Å². The first-order valence-corrected chi connectivity index (χ1v) is 13.7. The lowest BCUT2D eigenvalue weighted by atomic mass is 10.0. The maximum absolute atomic E-state index is 13.6. The topological polar surface area (TPSA) is 58.6 Å². The number of nitrogens with one attached hydrogen (secondary N) is 1. The SMILES string of the molecule is CC[C@H](C)NC(=O)[C@@H](Cc1ccccc1)N(Cc1ccc(Br)cc1)C(=O)CCCOc1ccc(C)cc1. The zero-order valence-electron chi connectivity index (χ0n) is 22.0. The first-order chi connectivity index (χ1) is 17.9. The fraction of sp³-hybridized carbons (Fsp3) is 0.355. The van der Waals surface area contributed by atoms with Crippen LogP contribution in [0.1, 0.15) is 49.8 Å². The van der Waals surface area contributed by atoms with Crippen LogP contribution in [0, 0.1) is 6.92 Å². The Morgan fingerprint density at radius 1 is 0.946 bits per heavy atom. The number of ether oxygens (including phenoxy) is 1. The summed E-state index contributed by atoms with van der Waals surface area (Å²) in [4.78, 5) is 28.9. The Balaban J connectivity index is 1.78. The summed E-state index contributed by atoms with van der Waals surface area (Å²) in [6.07, 6.45) is 2.13. The predicted octanol–water partition coefficient (Wildman–Crippen LogP) is 6.47. The molecule has 0 unspecified atom stereocenters. The second-order valence-electron chi connectivity index (χ2n) is 9.44. The molecule has 0 fully saturated rings. The fourth-order valence-electron chi connectivity index (χ4n) is 3.97. The van der Waals surface area contributed by atoms with E-state index >= 15 is 0 Å². The van der Waals surface area contributed by atoms with Gasteiger partial charge in [-0.15, -0.1) is 0 Å². The maximum Gasteiger partial charge on any atom is 0.243 e. The Labute approximate surface area is 229 Å². The monoisotopic (exact) mass is 564 g/mol. The van der Waals surface area contributed by atoms with Gasteiger partial charge in [0.05, 0.1) is 6.61 Å². The van der Waals surface area contributed by atoms with Crippen molar-refractivity contribution in [2.45, 2.75) is 65.1 Å². The molecular formula is C31H37BrN2O3. The van der Waals surface area contributed by atoms with Crippen molar-refractivity contribution >= 4 is 27.7 Å². The number of aryl methyl sites for hydroxylation is 1. The molecule has 0 bridgehead atoms. The molecule has 0 spiro atoms. The standard InChI is InChI=1S/C31H37BrN2O3/c1-4-24(3)33-31(36)29(21-25-9-6-5-7-10-25)34(22-26-14-16-27(32)17-15-26)30(35)11-8-20-37-28-18-12-23(2)13-19-28/h5-7,9-10,12-19,24,29H,4,8,11,20-22H2,1-3H3,(H,33,36)/t24-,29+/m0/s1. The van der Waals surface area contributed by atoms with Crippen molar-refractivity contribution in [1.82, 2.24) is 10.2 Å². The van der Waals surface area contributed by atoms with E-state index in [1.807, 2.05) is 99.6 Å². The Morgan fingerprint density at radius 3 is 2.27 bits per heavy atom. The number of nitrogens with zero attached hydrogens (tertiary/aromatic N) is 1. The van der Waals surface area contributed by atoms with Crippen LogP contribution in [0.4, 0.5) is 0 Å². The molecule has 0 aliphatic carbocycles. The van der Waals surface area contributed by atoms with E-state index in [0.717, 1.165) is 27.8 Å². The molecule has 0 radical (unpaired) electrons. The molecule has 2 amide bonds. The van der Waals surface area contributed by atoms with Gasteiger partial charge < -0.3 is 15.0 Å². The third-order valence-electron chi connectivity index (χ3n) is 6.36. The molecule has 0 aliphatic rings. The van der Waals surface area contributed by atoms with E-state index in [4.69, 9.17) is 4.74 Å². The van der Waals surface area contributed by atoms with E-state index in [2.05, 4.69) is 21.2 Å². The molecule has 0 saturated heterocycles. The minimum absolute atomic E-state index is 0.0262. The van der Waals surface area contributed by atoms with E-state index < -0.39 is 6.04 Å². The van der Waals surface area contributed by atoms with Gasteiger partial charge in [-0.25, -0.2) is 0 Å². The molecule has 0 aromatic heterocycles. The average Bonchev–Trinajstić information content (AvgIpc) is 2.91. The first-order valence-electron chi connectivity index (χ1n) is 12.9. The number of halogens is 1. The average molecular weight is 566 g/mol. The smallest absolute Gasteiger partial charge is 0.243 e. The van der Waals surface area contributed by atoms with Crippen molar-refractivity contribution in [2.75, 3.05) is 6.61 Å².